The van der Waals surface area contributed by atoms with E-state index in [0.717, 1.165) is 0 Å². The molecule has 7 heteroatoms. The Balaban J connectivity index is 1.89. The number of nitrogens with one attached hydrogen (secondary N) is 1. The van der Waals surface area contributed by atoms with Crippen molar-refractivity contribution < 1.29 is 19.0 Å². The molecule has 2 aromatic carbocycles. The van der Waals surface area contributed by atoms with Gasteiger partial charge in [-0.25, -0.2) is 0 Å². The second-order valence-electron chi connectivity index (χ2n) is 4.60. The molecule has 0 saturated carbocycles. The lowest BCUT2D eigenvalue weighted by molar-refractivity contribution is 0.102. The molecule has 0 aromatic heterocycles. The largest absolute Gasteiger partial charge is 0.494 e. The molecule has 6 nitrogen and oxygen atoms in total. The highest BCUT2D eigenvalue weighted by Crippen LogP contribution is 2.36. The molecule has 0 atom stereocenters. The highest BCUT2D eigenvalue weighted by atomic mass is 35.5. The van der Waals surface area contributed by atoms with E-state index in [0.29, 0.717) is 39.2 Å². The van der Waals surface area contributed by atoms with Gasteiger partial charge in [0.25, 0.3) is 5.91 Å². The fourth-order valence-corrected chi connectivity index (χ4v) is 2.37. The summed E-state index contributed by atoms with van der Waals surface area (Å²) in [5.74, 6) is 1.19. The summed E-state index contributed by atoms with van der Waals surface area (Å²) in [5, 5.41) is 3.01. The van der Waals surface area contributed by atoms with Crippen molar-refractivity contribution >= 4 is 28.9 Å². The highest BCUT2D eigenvalue weighted by molar-refractivity contribution is 6.34. The predicted molar refractivity (Wildman–Crippen MR) is 82.9 cm³/mol. The summed E-state index contributed by atoms with van der Waals surface area (Å²) in [6.07, 6.45) is 0. The standard InChI is InChI=1S/C15H13ClN2O4/c1-20-13-6-9(17)5-10(16)14(13)18-15(19)8-2-3-11-12(4-8)22-7-21-11/h2-6H,7,17H2,1H3,(H,18,19). The van der Waals surface area contributed by atoms with Crippen LogP contribution in [0.1, 0.15) is 10.4 Å². The number of ether oxygens (including phenoxy) is 3. The van der Waals surface area contributed by atoms with Crippen molar-refractivity contribution in [3.8, 4) is 17.2 Å². The Labute approximate surface area is 131 Å². The Morgan fingerprint density at radius 2 is 2.05 bits per heavy atom. The number of hydrogen-bond acceptors (Lipinski definition) is 5. The Bertz CT molecular complexity index is 749. The zero-order valence-corrected chi connectivity index (χ0v) is 12.4. The number of halogens is 1. The number of carbonyl (C=O) groups is 1. The van der Waals surface area contributed by atoms with Gasteiger partial charge in [0, 0.05) is 17.3 Å². The third kappa shape index (κ3) is 2.60. The summed E-state index contributed by atoms with van der Waals surface area (Å²) < 4.78 is 15.7. The average molecular weight is 321 g/mol. The number of nitrogens with two attached hydrogens (primary N) is 1. The number of fused-ring (bicyclic) bond motifs is 1. The first-order valence-electron chi connectivity index (χ1n) is 6.42. The van der Waals surface area contributed by atoms with Gasteiger partial charge in [-0.1, -0.05) is 11.6 Å². The first kappa shape index (κ1) is 14.3. The number of benzene rings is 2. The molecule has 3 N–H and O–H groups in total. The van der Waals surface area contributed by atoms with E-state index in [2.05, 4.69) is 5.32 Å². The monoisotopic (exact) mass is 320 g/mol. The lowest BCUT2D eigenvalue weighted by atomic mass is 10.1. The SMILES string of the molecule is COc1cc(N)cc(Cl)c1NC(=O)c1ccc2c(c1)OCO2. The summed E-state index contributed by atoms with van der Waals surface area (Å²) in [4.78, 5) is 12.4. The molecule has 1 aliphatic heterocycles. The number of nitrogen functional groups attached to an aromatic ring is 1. The van der Waals surface area contributed by atoms with Crippen LogP contribution in [-0.4, -0.2) is 19.8 Å². The van der Waals surface area contributed by atoms with E-state index < -0.39 is 0 Å². The quantitative estimate of drug-likeness (QED) is 0.850. The van der Waals surface area contributed by atoms with Crippen LogP contribution in [0.25, 0.3) is 0 Å². The molecule has 3 rings (SSSR count). The highest BCUT2D eigenvalue weighted by Gasteiger charge is 2.18. The smallest absolute Gasteiger partial charge is 0.255 e. The molecule has 0 spiro atoms. The predicted octanol–water partition coefficient (Wildman–Crippen LogP) is 2.91. The Morgan fingerprint density at radius 3 is 2.82 bits per heavy atom. The molecule has 1 heterocycles. The van der Waals surface area contributed by atoms with Gasteiger partial charge in [0.1, 0.15) is 11.4 Å². The van der Waals surface area contributed by atoms with E-state index in [1.54, 1.807) is 30.3 Å². The maximum atomic E-state index is 12.4. The van der Waals surface area contributed by atoms with Gasteiger partial charge >= 0.3 is 0 Å². The van der Waals surface area contributed by atoms with Crippen molar-refractivity contribution in [2.45, 2.75) is 0 Å². The topological polar surface area (TPSA) is 82.8 Å². The second kappa shape index (κ2) is 5.65. The van der Waals surface area contributed by atoms with Crippen LogP contribution < -0.4 is 25.3 Å². The van der Waals surface area contributed by atoms with Crippen LogP contribution in [-0.2, 0) is 0 Å². The van der Waals surface area contributed by atoms with Crippen LogP contribution in [0.15, 0.2) is 30.3 Å². The van der Waals surface area contributed by atoms with Crippen LogP contribution in [0, 0.1) is 0 Å². The van der Waals surface area contributed by atoms with Gasteiger partial charge in [-0.15, -0.1) is 0 Å². The summed E-state index contributed by atoms with van der Waals surface area (Å²) in [5.41, 5.74) is 6.92. The van der Waals surface area contributed by atoms with Crippen molar-refractivity contribution in [3.05, 3.63) is 40.9 Å². The number of rotatable bonds is 3. The third-order valence-electron chi connectivity index (χ3n) is 3.17. The third-order valence-corrected chi connectivity index (χ3v) is 3.47. The average Bonchev–Trinajstić information content (AvgIpc) is 2.96. The molecule has 0 fully saturated rings. The van der Waals surface area contributed by atoms with Crippen LogP contribution in [0.2, 0.25) is 5.02 Å². The van der Waals surface area contributed by atoms with E-state index in [1.807, 2.05) is 0 Å². The Kier molecular flexibility index (Phi) is 3.68. The summed E-state index contributed by atoms with van der Waals surface area (Å²) in [7, 11) is 1.47. The maximum Gasteiger partial charge on any atom is 0.255 e. The van der Waals surface area contributed by atoms with Crippen molar-refractivity contribution in [3.63, 3.8) is 0 Å². The summed E-state index contributed by atoms with van der Waals surface area (Å²) >= 11 is 6.12. The zero-order chi connectivity index (χ0) is 15.7. The molecule has 0 aliphatic carbocycles. The Morgan fingerprint density at radius 1 is 1.27 bits per heavy atom. The second-order valence-corrected chi connectivity index (χ2v) is 5.01. The van der Waals surface area contributed by atoms with Crippen LogP contribution >= 0.6 is 11.6 Å². The number of anilines is 2. The lowest BCUT2D eigenvalue weighted by Gasteiger charge is -2.13. The van der Waals surface area contributed by atoms with Gasteiger partial charge in [0.05, 0.1) is 12.1 Å². The fraction of sp³-hybridized carbons (Fsp3) is 0.133. The molecule has 2 aromatic rings. The lowest BCUT2D eigenvalue weighted by Crippen LogP contribution is -2.13. The van der Waals surface area contributed by atoms with Gasteiger partial charge in [-0.05, 0) is 24.3 Å². The van der Waals surface area contributed by atoms with Crippen molar-refractivity contribution in [1.82, 2.24) is 0 Å². The molecule has 0 saturated heterocycles. The van der Waals surface area contributed by atoms with Gasteiger partial charge < -0.3 is 25.3 Å². The fourth-order valence-electron chi connectivity index (χ4n) is 2.11. The van der Waals surface area contributed by atoms with Crippen LogP contribution in [0.3, 0.4) is 0 Å². The molecule has 1 aliphatic rings. The molecule has 0 unspecified atom stereocenters. The van der Waals surface area contributed by atoms with E-state index in [-0.39, 0.29) is 12.7 Å². The minimum absolute atomic E-state index is 0.151. The normalized spacial score (nSPS) is 12.1. The molecular formula is C15H13ClN2O4. The van der Waals surface area contributed by atoms with Crippen LogP contribution in [0.5, 0.6) is 17.2 Å². The Hall–Kier alpha value is -2.60. The summed E-state index contributed by atoms with van der Waals surface area (Å²) in [6, 6.07) is 8.05. The van der Waals surface area contributed by atoms with Gasteiger partial charge in [-0.3, -0.25) is 4.79 Å². The molecular weight excluding hydrogens is 308 g/mol. The molecule has 22 heavy (non-hydrogen) atoms. The van der Waals surface area contributed by atoms with E-state index in [4.69, 9.17) is 31.5 Å². The van der Waals surface area contributed by atoms with E-state index >= 15 is 0 Å². The van der Waals surface area contributed by atoms with Crippen molar-refractivity contribution in [2.75, 3.05) is 25.0 Å². The maximum absolute atomic E-state index is 12.4. The van der Waals surface area contributed by atoms with Crippen molar-refractivity contribution in [1.29, 1.82) is 0 Å². The number of carbonyl (C=O) groups excluding carboxylic acids is 1. The number of hydrogen-bond donors (Lipinski definition) is 2. The molecule has 0 bridgehead atoms. The number of amides is 1. The van der Waals surface area contributed by atoms with Gasteiger partial charge in [-0.2, -0.15) is 0 Å². The first-order valence-corrected chi connectivity index (χ1v) is 6.80. The molecule has 0 radical (unpaired) electrons. The first-order chi connectivity index (χ1) is 10.6. The summed E-state index contributed by atoms with van der Waals surface area (Å²) in [6.45, 7) is 0.151. The van der Waals surface area contributed by atoms with Gasteiger partial charge in [0.2, 0.25) is 6.79 Å². The van der Waals surface area contributed by atoms with Crippen molar-refractivity contribution in [2.24, 2.45) is 0 Å². The minimum atomic E-state index is -0.344. The van der Waals surface area contributed by atoms with Crippen LogP contribution in [0.4, 0.5) is 11.4 Å². The van der Waals surface area contributed by atoms with E-state index in [9.17, 15) is 4.79 Å². The number of methoxy groups -OCH3 is 1. The zero-order valence-electron chi connectivity index (χ0n) is 11.7. The molecule has 1 amide bonds. The molecule has 114 valence electrons. The van der Waals surface area contributed by atoms with Gasteiger partial charge in [0.15, 0.2) is 11.5 Å². The van der Waals surface area contributed by atoms with E-state index in [1.165, 1.54) is 7.11 Å². The minimum Gasteiger partial charge on any atom is -0.494 e.